The zero-order chi connectivity index (χ0) is 52.7. The molecule has 0 unspecified atom stereocenters. The highest BCUT2D eigenvalue weighted by atomic mass is 15.0. The molecule has 0 aliphatic rings. The van der Waals surface area contributed by atoms with Crippen LogP contribution in [-0.2, 0) is 0 Å². The van der Waals surface area contributed by atoms with Crippen LogP contribution in [0.25, 0.3) is 155 Å². The van der Waals surface area contributed by atoms with Gasteiger partial charge in [0.15, 0.2) is 0 Å². The summed E-state index contributed by atoms with van der Waals surface area (Å²) in [6, 6.07) is 106. The van der Waals surface area contributed by atoms with E-state index in [1.807, 2.05) is 12.1 Å². The van der Waals surface area contributed by atoms with Gasteiger partial charge in [-0.15, -0.1) is 0 Å². The van der Waals surface area contributed by atoms with Crippen LogP contribution in [0.3, 0.4) is 0 Å². The van der Waals surface area contributed by atoms with Crippen molar-refractivity contribution in [2.24, 2.45) is 0 Å². The van der Waals surface area contributed by atoms with Crippen molar-refractivity contribution >= 4 is 76.2 Å². The second-order valence-electron chi connectivity index (χ2n) is 21.0. The predicted octanol–water partition coefficient (Wildman–Crippen LogP) is 20.1. The third-order valence-corrected chi connectivity index (χ3v) is 16.3. The fraction of sp³-hybridized carbons (Fsp3) is 0. The summed E-state index contributed by atoms with van der Waals surface area (Å²) in [5.74, 6) is 0. The Balaban J connectivity index is 0.762. The normalized spacial score (nSPS) is 11.8. The van der Waals surface area contributed by atoms with Gasteiger partial charge in [0.25, 0.3) is 0 Å². The maximum absolute atomic E-state index is 5.33. The van der Waals surface area contributed by atoms with E-state index in [2.05, 4.69) is 288 Å². The molecule has 16 rings (SSSR count). The molecular weight excluding hydrogens is 969 g/mol. The molecule has 3 heterocycles. The third-order valence-electron chi connectivity index (χ3n) is 16.3. The standard InChI is InChI=1S/C76H48N4/c1-3-17-63(18-4-1)79-71-39-35-59(45-65(71)67-47-61(37-41-73(67)79)57-33-27-49-13-7-9-15-55(49)43-57)51-23-29-53(30-24-51)75-76(78-70-22-12-11-21-69(70)77-75)54-31-25-52(26-32-54)60-36-40-72-66(46-60)68-48-62(58-34-28-50-14-8-10-16-56(50)44-58)38-42-74(68)80(72)64-19-5-2-6-20-64/h1-48H. The highest BCUT2D eigenvalue weighted by Gasteiger charge is 2.19. The van der Waals surface area contributed by atoms with Crippen molar-refractivity contribution in [3.8, 4) is 78.4 Å². The third kappa shape index (κ3) is 7.68. The van der Waals surface area contributed by atoms with Crippen LogP contribution in [0, 0.1) is 0 Å². The average molecular weight is 1020 g/mol. The maximum Gasteiger partial charge on any atom is 0.0973 e. The minimum Gasteiger partial charge on any atom is -0.309 e. The number of hydrogen-bond donors (Lipinski definition) is 0. The molecule has 0 spiro atoms. The highest BCUT2D eigenvalue weighted by molar-refractivity contribution is 6.13. The summed E-state index contributed by atoms with van der Waals surface area (Å²) in [6.07, 6.45) is 0. The van der Waals surface area contributed by atoms with E-state index in [1.165, 1.54) is 87.4 Å². The Morgan fingerprint density at radius 2 is 0.475 bits per heavy atom. The highest BCUT2D eigenvalue weighted by Crippen LogP contribution is 2.41. The number of nitrogens with zero attached hydrogens (tertiary/aromatic N) is 4. The Labute approximate surface area is 462 Å². The molecule has 0 bridgehead atoms. The molecule has 0 amide bonds. The Hall–Kier alpha value is -10.7. The first kappa shape index (κ1) is 45.5. The van der Waals surface area contributed by atoms with E-state index in [0.717, 1.165) is 67.2 Å². The summed E-state index contributed by atoms with van der Waals surface area (Å²) in [6.45, 7) is 0. The monoisotopic (exact) mass is 1020 g/mol. The van der Waals surface area contributed by atoms with E-state index < -0.39 is 0 Å². The predicted molar refractivity (Wildman–Crippen MR) is 336 cm³/mol. The lowest BCUT2D eigenvalue weighted by Crippen LogP contribution is -1.95. The quantitative estimate of drug-likeness (QED) is 0.152. The van der Waals surface area contributed by atoms with Crippen molar-refractivity contribution in [2.75, 3.05) is 0 Å². The van der Waals surface area contributed by atoms with Gasteiger partial charge < -0.3 is 9.13 Å². The first-order valence-electron chi connectivity index (χ1n) is 27.4. The second-order valence-corrected chi connectivity index (χ2v) is 21.0. The van der Waals surface area contributed by atoms with Crippen LogP contribution in [0.15, 0.2) is 291 Å². The molecule has 0 saturated carbocycles. The molecule has 0 radical (unpaired) electrons. The summed E-state index contributed by atoms with van der Waals surface area (Å²) >= 11 is 0. The summed E-state index contributed by atoms with van der Waals surface area (Å²) in [5, 5.41) is 9.83. The van der Waals surface area contributed by atoms with Crippen LogP contribution in [0.2, 0.25) is 0 Å². The fourth-order valence-corrected chi connectivity index (χ4v) is 12.3. The van der Waals surface area contributed by atoms with Gasteiger partial charge in [0.2, 0.25) is 0 Å². The Morgan fingerprint density at radius 1 is 0.200 bits per heavy atom. The fourth-order valence-electron chi connectivity index (χ4n) is 12.3. The van der Waals surface area contributed by atoms with E-state index >= 15 is 0 Å². The molecule has 16 aromatic rings. The van der Waals surface area contributed by atoms with Crippen LogP contribution in [0.5, 0.6) is 0 Å². The van der Waals surface area contributed by atoms with E-state index in [1.54, 1.807) is 0 Å². The summed E-state index contributed by atoms with van der Waals surface area (Å²) in [4.78, 5) is 10.7. The Kier molecular flexibility index (Phi) is 10.5. The molecule has 0 aliphatic heterocycles. The number of rotatable bonds is 8. The Morgan fingerprint density at radius 3 is 0.850 bits per heavy atom. The molecule has 80 heavy (non-hydrogen) atoms. The molecule has 0 atom stereocenters. The van der Waals surface area contributed by atoms with Gasteiger partial charge >= 0.3 is 0 Å². The van der Waals surface area contributed by atoms with Gasteiger partial charge in [-0.3, -0.25) is 0 Å². The molecule has 13 aromatic carbocycles. The number of fused-ring (bicyclic) bond motifs is 9. The van der Waals surface area contributed by atoms with E-state index in [-0.39, 0.29) is 0 Å². The summed E-state index contributed by atoms with van der Waals surface area (Å²) in [7, 11) is 0. The number of hydrogen-bond acceptors (Lipinski definition) is 2. The first-order valence-corrected chi connectivity index (χ1v) is 27.4. The Bertz CT molecular complexity index is 4770. The van der Waals surface area contributed by atoms with Gasteiger partial charge in [0.05, 0.1) is 44.5 Å². The van der Waals surface area contributed by atoms with E-state index in [9.17, 15) is 0 Å². The molecule has 3 aromatic heterocycles. The molecule has 0 saturated heterocycles. The maximum atomic E-state index is 5.33. The number of aromatic nitrogens is 4. The minimum atomic E-state index is 0.850. The van der Waals surface area contributed by atoms with Crippen molar-refractivity contribution in [2.45, 2.75) is 0 Å². The SMILES string of the molecule is c1ccc(-n2c3ccc(-c4ccc(-c5nc6ccccc6nc5-c5ccc(-c6ccc7c(c6)c6cc(-c8ccc9ccccc9c8)ccc6n7-c6ccccc6)cc5)cc4)cc3c3cc(-c4ccc5ccccc5c4)ccc32)cc1. The van der Waals surface area contributed by atoms with Crippen LogP contribution in [-0.4, -0.2) is 19.1 Å². The first-order chi connectivity index (χ1) is 39.6. The van der Waals surface area contributed by atoms with Crippen LogP contribution < -0.4 is 0 Å². The van der Waals surface area contributed by atoms with Gasteiger partial charge in [-0.1, -0.05) is 194 Å². The van der Waals surface area contributed by atoms with Crippen molar-refractivity contribution < 1.29 is 0 Å². The number of para-hydroxylation sites is 4. The van der Waals surface area contributed by atoms with Gasteiger partial charge in [0.1, 0.15) is 0 Å². The molecule has 0 aliphatic carbocycles. The molecule has 0 N–H and O–H groups in total. The molecule has 0 fully saturated rings. The molecule has 4 heteroatoms. The van der Waals surface area contributed by atoms with Gasteiger partial charge in [0, 0.05) is 44.0 Å². The lowest BCUT2D eigenvalue weighted by molar-refractivity contribution is 1.18. The lowest BCUT2D eigenvalue weighted by Gasteiger charge is -2.12. The lowest BCUT2D eigenvalue weighted by atomic mass is 9.96. The smallest absolute Gasteiger partial charge is 0.0973 e. The van der Waals surface area contributed by atoms with Crippen LogP contribution in [0.1, 0.15) is 0 Å². The molecule has 372 valence electrons. The zero-order valence-electron chi connectivity index (χ0n) is 43.5. The van der Waals surface area contributed by atoms with E-state index in [0.29, 0.717) is 0 Å². The molecule has 4 nitrogen and oxygen atoms in total. The van der Waals surface area contributed by atoms with Crippen molar-refractivity contribution in [3.63, 3.8) is 0 Å². The average Bonchev–Trinajstić information content (AvgIpc) is 4.28. The van der Waals surface area contributed by atoms with E-state index in [4.69, 9.17) is 9.97 Å². The zero-order valence-corrected chi connectivity index (χ0v) is 43.5. The van der Waals surface area contributed by atoms with Crippen molar-refractivity contribution in [1.29, 1.82) is 0 Å². The summed E-state index contributed by atoms with van der Waals surface area (Å²) in [5.41, 5.74) is 21.8. The van der Waals surface area contributed by atoms with Gasteiger partial charge in [-0.05, 0) is 163 Å². The van der Waals surface area contributed by atoms with Crippen LogP contribution in [0.4, 0.5) is 0 Å². The van der Waals surface area contributed by atoms with Crippen molar-refractivity contribution in [3.05, 3.63) is 291 Å². The number of benzene rings is 13. The van der Waals surface area contributed by atoms with Crippen LogP contribution >= 0.6 is 0 Å². The largest absolute Gasteiger partial charge is 0.309 e. The van der Waals surface area contributed by atoms with Crippen molar-refractivity contribution in [1.82, 2.24) is 19.1 Å². The van der Waals surface area contributed by atoms with Gasteiger partial charge in [-0.2, -0.15) is 0 Å². The topological polar surface area (TPSA) is 35.6 Å². The second kappa shape index (κ2) is 18.5. The molecular formula is C76H48N4. The van der Waals surface area contributed by atoms with Gasteiger partial charge in [-0.25, -0.2) is 9.97 Å². The summed E-state index contributed by atoms with van der Waals surface area (Å²) < 4.78 is 4.78. The minimum absolute atomic E-state index is 0.850.